The van der Waals surface area contributed by atoms with Crippen LogP contribution >= 0.6 is 0 Å². The van der Waals surface area contributed by atoms with Gasteiger partial charge in [-0.05, 0) is 0 Å². The van der Waals surface area contributed by atoms with Gasteiger partial charge >= 0.3 is 0 Å². The predicted molar refractivity (Wildman–Crippen MR) is 58.4 cm³/mol. The molecule has 0 saturated carbocycles. The molecular weight excluding hydrogens is 246 g/mol. The maximum Gasteiger partial charge on any atom is 0.217 e. The first kappa shape index (κ1) is 15.3. The third-order valence-electron chi connectivity index (χ3n) is 2.62. The summed E-state index contributed by atoms with van der Waals surface area (Å²) >= 11 is 0. The zero-order valence-corrected chi connectivity index (χ0v) is 10.0. The Kier molecular flexibility index (Phi) is 5.93. The van der Waals surface area contributed by atoms with Gasteiger partial charge in [0, 0.05) is 6.92 Å². The van der Waals surface area contributed by atoms with E-state index in [1.54, 1.807) is 0 Å². The fourth-order valence-electron chi connectivity index (χ4n) is 1.78. The van der Waals surface area contributed by atoms with Crippen molar-refractivity contribution in [2.45, 2.75) is 37.6 Å². The molecule has 1 rings (SSSR count). The summed E-state index contributed by atoms with van der Waals surface area (Å²) in [6.07, 6.45) is -4.71. The number of ether oxygens (including phenoxy) is 2. The second-order valence-corrected chi connectivity index (χ2v) is 4.03. The smallest absolute Gasteiger partial charge is 0.217 e. The summed E-state index contributed by atoms with van der Waals surface area (Å²) in [6.45, 7) is 0.446. The van der Waals surface area contributed by atoms with E-state index in [9.17, 15) is 15.0 Å². The number of aliphatic hydroxyl groups excluding tert-OH is 4. The minimum Gasteiger partial charge on any atom is -0.394 e. The maximum atomic E-state index is 11.0. The van der Waals surface area contributed by atoms with Crippen molar-refractivity contribution in [3.05, 3.63) is 0 Å². The minimum atomic E-state index is -1.33. The second kappa shape index (κ2) is 6.98. The van der Waals surface area contributed by atoms with Crippen LogP contribution in [-0.2, 0) is 14.3 Å². The Labute approximate surface area is 104 Å². The maximum absolute atomic E-state index is 11.0. The van der Waals surface area contributed by atoms with Crippen molar-refractivity contribution in [2.24, 2.45) is 0 Å². The molecule has 0 aromatic carbocycles. The summed E-state index contributed by atoms with van der Waals surface area (Å²) in [5.41, 5.74) is 0. The van der Waals surface area contributed by atoms with Crippen molar-refractivity contribution in [1.82, 2.24) is 5.32 Å². The Morgan fingerprint density at radius 3 is 2.50 bits per heavy atom. The summed E-state index contributed by atoms with van der Waals surface area (Å²) in [4.78, 5) is 11.0. The van der Waals surface area contributed by atoms with Crippen molar-refractivity contribution in [1.29, 1.82) is 0 Å². The first-order chi connectivity index (χ1) is 8.51. The third kappa shape index (κ3) is 3.61. The van der Waals surface area contributed by atoms with E-state index in [4.69, 9.17) is 19.7 Å². The van der Waals surface area contributed by atoms with Gasteiger partial charge < -0.3 is 35.2 Å². The summed E-state index contributed by atoms with van der Waals surface area (Å²) in [5.74, 6) is -0.421. The van der Waals surface area contributed by atoms with Crippen LogP contribution in [0.25, 0.3) is 0 Å². The van der Waals surface area contributed by atoms with Gasteiger partial charge in [0.15, 0.2) is 6.29 Å². The van der Waals surface area contributed by atoms with E-state index >= 15 is 0 Å². The quantitative estimate of drug-likeness (QED) is 0.357. The van der Waals surface area contributed by atoms with Gasteiger partial charge in [0.25, 0.3) is 0 Å². The largest absolute Gasteiger partial charge is 0.394 e. The molecule has 1 amide bonds. The zero-order valence-electron chi connectivity index (χ0n) is 10.0. The molecule has 0 aliphatic carbocycles. The van der Waals surface area contributed by atoms with Crippen LogP contribution in [-0.4, -0.2) is 76.8 Å². The summed E-state index contributed by atoms with van der Waals surface area (Å²) in [7, 11) is 0. The molecule has 0 bridgehead atoms. The minimum absolute atomic E-state index is 0.0539. The molecule has 106 valence electrons. The van der Waals surface area contributed by atoms with Gasteiger partial charge in [-0.2, -0.15) is 0 Å². The summed E-state index contributed by atoms with van der Waals surface area (Å²) in [5, 5.41) is 39.6. The number of carbonyl (C=O) groups is 1. The van der Waals surface area contributed by atoms with Crippen molar-refractivity contribution in [2.75, 3.05) is 19.8 Å². The molecule has 8 nitrogen and oxygen atoms in total. The standard InChI is InChI=1S/C10H19NO7/c1-5(14)11-7-9(16)8(15)6(4-13)18-10(7)17-3-2-12/h6-10,12-13,15-16H,2-4H2,1H3,(H,11,14)/t6-,7-,8?,9-,10-/m1/s1. The van der Waals surface area contributed by atoms with Crippen LogP contribution in [0.3, 0.4) is 0 Å². The van der Waals surface area contributed by atoms with Gasteiger partial charge in [-0.15, -0.1) is 0 Å². The van der Waals surface area contributed by atoms with Crippen LogP contribution in [0.4, 0.5) is 0 Å². The first-order valence-electron chi connectivity index (χ1n) is 5.63. The summed E-state index contributed by atoms with van der Waals surface area (Å²) < 4.78 is 10.4. The van der Waals surface area contributed by atoms with E-state index in [0.717, 1.165) is 0 Å². The van der Waals surface area contributed by atoms with E-state index in [-0.39, 0.29) is 13.2 Å². The molecule has 1 saturated heterocycles. The number of carbonyl (C=O) groups excluding carboxylic acids is 1. The molecule has 0 aromatic heterocycles. The highest BCUT2D eigenvalue weighted by atomic mass is 16.7. The fourth-order valence-corrected chi connectivity index (χ4v) is 1.78. The van der Waals surface area contributed by atoms with Gasteiger partial charge in [-0.25, -0.2) is 0 Å². The lowest BCUT2D eigenvalue weighted by Gasteiger charge is -2.42. The predicted octanol–water partition coefficient (Wildman–Crippen LogP) is -3.06. The van der Waals surface area contributed by atoms with Gasteiger partial charge in [0.1, 0.15) is 24.4 Å². The number of amides is 1. The van der Waals surface area contributed by atoms with Crippen LogP contribution in [0, 0.1) is 0 Å². The van der Waals surface area contributed by atoms with E-state index < -0.39 is 43.2 Å². The van der Waals surface area contributed by atoms with Crippen LogP contribution in [0.5, 0.6) is 0 Å². The highest BCUT2D eigenvalue weighted by Crippen LogP contribution is 2.22. The van der Waals surface area contributed by atoms with Crippen molar-refractivity contribution in [3.8, 4) is 0 Å². The first-order valence-corrected chi connectivity index (χ1v) is 5.63. The second-order valence-electron chi connectivity index (χ2n) is 4.03. The summed E-state index contributed by atoms with van der Waals surface area (Å²) in [6, 6.07) is -0.966. The molecule has 0 radical (unpaired) electrons. The topological polar surface area (TPSA) is 128 Å². The molecule has 0 spiro atoms. The average molecular weight is 265 g/mol. The molecule has 5 atom stereocenters. The van der Waals surface area contributed by atoms with E-state index in [1.807, 2.05) is 0 Å². The molecule has 18 heavy (non-hydrogen) atoms. The van der Waals surface area contributed by atoms with Crippen molar-refractivity contribution >= 4 is 5.91 Å². The van der Waals surface area contributed by atoms with E-state index in [2.05, 4.69) is 5.32 Å². The Bertz CT molecular complexity index is 275. The number of hydrogen-bond donors (Lipinski definition) is 5. The fraction of sp³-hybridized carbons (Fsp3) is 0.900. The Balaban J connectivity index is 2.76. The molecule has 1 fully saturated rings. The number of nitrogens with one attached hydrogen (secondary N) is 1. The molecular formula is C10H19NO7. The molecule has 0 aromatic rings. The van der Waals surface area contributed by atoms with E-state index in [1.165, 1.54) is 6.92 Å². The molecule has 1 aliphatic heterocycles. The van der Waals surface area contributed by atoms with Crippen molar-refractivity contribution in [3.63, 3.8) is 0 Å². The van der Waals surface area contributed by atoms with Crippen LogP contribution in [0.15, 0.2) is 0 Å². The van der Waals surface area contributed by atoms with Crippen LogP contribution < -0.4 is 5.32 Å². The Morgan fingerprint density at radius 2 is 2.00 bits per heavy atom. The monoisotopic (exact) mass is 265 g/mol. The highest BCUT2D eigenvalue weighted by Gasteiger charge is 2.45. The van der Waals surface area contributed by atoms with Gasteiger partial charge in [-0.3, -0.25) is 4.79 Å². The molecule has 1 unspecified atom stereocenters. The van der Waals surface area contributed by atoms with Gasteiger partial charge in [0.2, 0.25) is 5.91 Å². The Hall–Kier alpha value is -0.770. The number of rotatable bonds is 5. The van der Waals surface area contributed by atoms with Gasteiger partial charge in [-0.1, -0.05) is 0 Å². The van der Waals surface area contributed by atoms with Gasteiger partial charge in [0.05, 0.1) is 19.8 Å². The Morgan fingerprint density at radius 1 is 1.33 bits per heavy atom. The normalized spacial score (nSPS) is 36.4. The zero-order chi connectivity index (χ0) is 13.7. The molecule has 5 N–H and O–H groups in total. The molecule has 8 heteroatoms. The lowest BCUT2D eigenvalue weighted by atomic mass is 9.97. The average Bonchev–Trinajstić information content (AvgIpc) is 2.33. The molecule has 1 aliphatic rings. The van der Waals surface area contributed by atoms with Crippen LogP contribution in [0.1, 0.15) is 6.92 Å². The van der Waals surface area contributed by atoms with Crippen LogP contribution in [0.2, 0.25) is 0 Å². The lowest BCUT2D eigenvalue weighted by molar-refractivity contribution is -0.271. The van der Waals surface area contributed by atoms with Crippen molar-refractivity contribution < 1.29 is 34.7 Å². The number of aliphatic hydroxyl groups is 4. The van der Waals surface area contributed by atoms with E-state index in [0.29, 0.717) is 0 Å². The lowest BCUT2D eigenvalue weighted by Crippen LogP contribution is -2.64. The highest BCUT2D eigenvalue weighted by molar-refractivity contribution is 5.73. The molecule has 1 heterocycles. The number of hydrogen-bond acceptors (Lipinski definition) is 7. The SMILES string of the molecule is CC(=O)N[C@H]1[C@H](OCCO)O[C@H](CO)C(O)[C@@H]1O. The third-order valence-corrected chi connectivity index (χ3v) is 2.62.